The van der Waals surface area contributed by atoms with Crippen LogP contribution in [0.2, 0.25) is 0 Å². The number of hydrogen-bond acceptors (Lipinski definition) is 4. The molecule has 2 rings (SSSR count). The van der Waals surface area contributed by atoms with Gasteiger partial charge < -0.3 is 4.90 Å². The Kier molecular flexibility index (Phi) is 4.45. The molecule has 1 aromatic heterocycles. The second-order valence-electron chi connectivity index (χ2n) is 4.28. The van der Waals surface area contributed by atoms with Gasteiger partial charge in [-0.1, -0.05) is 15.9 Å². The third kappa shape index (κ3) is 3.58. The molecule has 0 amide bonds. The summed E-state index contributed by atoms with van der Waals surface area (Å²) in [4.78, 5) is 6.53. The van der Waals surface area contributed by atoms with Crippen molar-refractivity contribution in [2.75, 3.05) is 27.4 Å². The van der Waals surface area contributed by atoms with Gasteiger partial charge in [-0.3, -0.25) is 4.72 Å². The molecule has 1 fully saturated rings. The van der Waals surface area contributed by atoms with E-state index in [9.17, 15) is 8.42 Å². The zero-order chi connectivity index (χ0) is 13.0. The smallest absolute Gasteiger partial charge is 0.242 e. The van der Waals surface area contributed by atoms with E-state index in [1.807, 2.05) is 6.07 Å². The molecule has 1 aliphatic heterocycles. The third-order valence-corrected chi connectivity index (χ3v) is 5.49. The highest BCUT2D eigenvalue weighted by Gasteiger charge is 2.12. The molecule has 1 N–H and O–H groups in total. The summed E-state index contributed by atoms with van der Waals surface area (Å²) in [5.41, 5.74) is 0.496. The van der Waals surface area contributed by atoms with Crippen LogP contribution in [0.4, 0.5) is 11.5 Å². The number of aromatic nitrogens is 1. The minimum atomic E-state index is -3.30. The van der Waals surface area contributed by atoms with Crippen LogP contribution in [0.3, 0.4) is 0 Å². The Morgan fingerprint density at radius 2 is 2.00 bits per heavy atom. The highest BCUT2D eigenvalue weighted by Crippen LogP contribution is 2.19. The first-order valence-corrected chi connectivity index (χ1v) is 8.65. The first-order valence-electron chi connectivity index (χ1n) is 5.88. The van der Waals surface area contributed by atoms with Crippen molar-refractivity contribution in [1.29, 1.82) is 0 Å². The van der Waals surface area contributed by atoms with Gasteiger partial charge >= 0.3 is 0 Å². The van der Waals surface area contributed by atoms with Gasteiger partial charge in [-0.2, -0.15) is 0 Å². The molecule has 1 aliphatic rings. The van der Waals surface area contributed by atoms with Crippen molar-refractivity contribution in [3.05, 3.63) is 18.3 Å². The Morgan fingerprint density at radius 3 is 2.56 bits per heavy atom. The van der Waals surface area contributed by atoms with Crippen LogP contribution in [0.15, 0.2) is 18.3 Å². The molecule has 0 unspecified atom stereocenters. The maximum absolute atomic E-state index is 11.4. The molecule has 0 bridgehead atoms. The first kappa shape index (κ1) is 13.6. The molecule has 0 aliphatic carbocycles. The SMILES string of the molecule is O=S(=O)(CBr)Nc1ccc(N2CCCCC2)nc1. The van der Waals surface area contributed by atoms with E-state index in [4.69, 9.17) is 0 Å². The van der Waals surface area contributed by atoms with Crippen LogP contribution in [0.25, 0.3) is 0 Å². The van der Waals surface area contributed by atoms with Gasteiger partial charge in [0.1, 0.15) is 10.5 Å². The Hall–Kier alpha value is -0.820. The van der Waals surface area contributed by atoms with Crippen molar-refractivity contribution in [1.82, 2.24) is 4.98 Å². The van der Waals surface area contributed by atoms with Crippen LogP contribution in [0.5, 0.6) is 0 Å². The Balaban J connectivity index is 2.05. The highest BCUT2D eigenvalue weighted by molar-refractivity contribution is 9.10. The van der Waals surface area contributed by atoms with Gasteiger partial charge in [0.05, 0.1) is 11.9 Å². The number of pyridine rings is 1. The molecule has 2 heterocycles. The van der Waals surface area contributed by atoms with Gasteiger partial charge in [-0.05, 0) is 31.4 Å². The Morgan fingerprint density at radius 1 is 1.28 bits per heavy atom. The number of anilines is 2. The Labute approximate surface area is 116 Å². The average molecular weight is 334 g/mol. The van der Waals surface area contributed by atoms with Crippen molar-refractivity contribution in [3.8, 4) is 0 Å². The highest BCUT2D eigenvalue weighted by atomic mass is 79.9. The summed E-state index contributed by atoms with van der Waals surface area (Å²) in [5, 5.41) is 0. The monoisotopic (exact) mass is 333 g/mol. The molecule has 1 saturated heterocycles. The number of nitrogens with zero attached hydrogens (tertiary/aromatic N) is 2. The van der Waals surface area contributed by atoms with E-state index in [0.717, 1.165) is 18.9 Å². The van der Waals surface area contributed by atoms with Crippen molar-refractivity contribution in [3.63, 3.8) is 0 Å². The number of halogens is 1. The quantitative estimate of drug-likeness (QED) is 0.857. The van der Waals surface area contributed by atoms with Crippen molar-refractivity contribution >= 4 is 37.5 Å². The average Bonchev–Trinajstić information content (AvgIpc) is 2.40. The number of alkyl halides is 1. The predicted molar refractivity (Wildman–Crippen MR) is 76.6 cm³/mol. The number of rotatable bonds is 4. The minimum Gasteiger partial charge on any atom is -0.357 e. The fourth-order valence-corrected chi connectivity index (χ4v) is 2.84. The molecular formula is C11H16BrN3O2S. The second-order valence-corrected chi connectivity index (χ2v) is 7.30. The number of sulfonamides is 1. The van der Waals surface area contributed by atoms with Crippen LogP contribution in [-0.2, 0) is 10.0 Å². The zero-order valence-electron chi connectivity index (χ0n) is 9.97. The van der Waals surface area contributed by atoms with Gasteiger partial charge in [0.25, 0.3) is 0 Å². The van der Waals surface area contributed by atoms with E-state index >= 15 is 0 Å². The lowest BCUT2D eigenvalue weighted by atomic mass is 10.1. The van der Waals surface area contributed by atoms with Crippen molar-refractivity contribution in [2.24, 2.45) is 0 Å². The normalized spacial score (nSPS) is 16.6. The van der Waals surface area contributed by atoms with E-state index in [0.29, 0.717) is 5.69 Å². The van der Waals surface area contributed by atoms with Gasteiger partial charge in [-0.15, -0.1) is 0 Å². The molecule has 0 aromatic carbocycles. The third-order valence-electron chi connectivity index (χ3n) is 2.84. The fourth-order valence-electron chi connectivity index (χ4n) is 1.96. The number of hydrogen-bond donors (Lipinski definition) is 1. The summed E-state index contributed by atoms with van der Waals surface area (Å²) in [6.45, 7) is 2.05. The molecule has 5 nitrogen and oxygen atoms in total. The summed E-state index contributed by atoms with van der Waals surface area (Å²) < 4.78 is 25.0. The lowest BCUT2D eigenvalue weighted by molar-refractivity contribution is 0.573. The fraction of sp³-hybridized carbons (Fsp3) is 0.545. The minimum absolute atomic E-state index is 0.117. The van der Waals surface area contributed by atoms with E-state index in [1.54, 1.807) is 12.3 Å². The maximum atomic E-state index is 11.4. The Bertz CT molecular complexity index is 484. The van der Waals surface area contributed by atoms with Crippen LogP contribution < -0.4 is 9.62 Å². The lowest BCUT2D eigenvalue weighted by Crippen LogP contribution is -2.30. The van der Waals surface area contributed by atoms with E-state index < -0.39 is 10.0 Å². The predicted octanol–water partition coefficient (Wildman–Crippen LogP) is 2.17. The van der Waals surface area contributed by atoms with Gasteiger partial charge in [-0.25, -0.2) is 13.4 Å². The van der Waals surface area contributed by atoms with E-state index in [2.05, 4.69) is 30.5 Å². The molecule has 7 heteroatoms. The summed E-state index contributed by atoms with van der Waals surface area (Å²) in [6, 6.07) is 3.61. The van der Waals surface area contributed by atoms with Gasteiger partial charge in [0, 0.05) is 13.1 Å². The zero-order valence-corrected chi connectivity index (χ0v) is 12.4. The summed E-state index contributed by atoms with van der Waals surface area (Å²) in [5.74, 6) is 0.913. The van der Waals surface area contributed by atoms with Crippen LogP contribution in [-0.4, -0.2) is 31.2 Å². The van der Waals surface area contributed by atoms with Crippen LogP contribution >= 0.6 is 15.9 Å². The molecule has 18 heavy (non-hydrogen) atoms. The first-order chi connectivity index (χ1) is 8.61. The maximum Gasteiger partial charge on any atom is 0.242 e. The van der Waals surface area contributed by atoms with Gasteiger partial charge in [0.2, 0.25) is 10.0 Å². The topological polar surface area (TPSA) is 62.3 Å². The molecular weight excluding hydrogens is 318 g/mol. The van der Waals surface area contributed by atoms with E-state index in [1.165, 1.54) is 19.3 Å². The molecule has 1 aromatic rings. The molecule has 0 atom stereocenters. The second kappa shape index (κ2) is 5.88. The molecule has 0 saturated carbocycles. The summed E-state index contributed by atoms with van der Waals surface area (Å²) in [6.07, 6.45) is 5.23. The lowest BCUT2D eigenvalue weighted by Gasteiger charge is -2.27. The number of piperidine rings is 1. The molecule has 0 spiro atoms. The number of nitrogens with one attached hydrogen (secondary N) is 1. The largest absolute Gasteiger partial charge is 0.357 e. The molecule has 100 valence electrons. The summed E-state index contributed by atoms with van der Waals surface area (Å²) in [7, 11) is -3.30. The van der Waals surface area contributed by atoms with Gasteiger partial charge in [0.15, 0.2) is 0 Å². The van der Waals surface area contributed by atoms with Crippen molar-refractivity contribution in [2.45, 2.75) is 19.3 Å². The van der Waals surface area contributed by atoms with Crippen molar-refractivity contribution < 1.29 is 8.42 Å². The summed E-state index contributed by atoms with van der Waals surface area (Å²) >= 11 is 2.93. The molecule has 0 radical (unpaired) electrons. The van der Waals surface area contributed by atoms with Crippen LogP contribution in [0.1, 0.15) is 19.3 Å². The van der Waals surface area contributed by atoms with Crippen LogP contribution in [0, 0.1) is 0 Å². The standard InChI is InChI=1S/C11H16BrN3O2S/c12-9-18(16,17)14-10-4-5-11(13-8-10)15-6-2-1-3-7-15/h4-5,8,14H,1-3,6-7,9H2. The van der Waals surface area contributed by atoms with E-state index in [-0.39, 0.29) is 4.66 Å².